The Balaban J connectivity index is 2.75. The predicted molar refractivity (Wildman–Crippen MR) is 125 cm³/mol. The molecule has 0 radical (unpaired) electrons. The zero-order valence-corrected chi connectivity index (χ0v) is 19.7. The molecule has 1 aromatic carbocycles. The minimum Gasteiger partial charge on any atom is -0.480 e. The predicted octanol–water partition coefficient (Wildman–Crippen LogP) is -0.573. The number of hydrogen-bond acceptors (Lipinski definition) is 6. The van der Waals surface area contributed by atoms with Crippen LogP contribution in [0.2, 0.25) is 0 Å². The van der Waals surface area contributed by atoms with Crippen LogP contribution in [0, 0.1) is 5.92 Å². The molecule has 0 bridgehead atoms. The van der Waals surface area contributed by atoms with Gasteiger partial charge in [0.2, 0.25) is 23.6 Å². The van der Waals surface area contributed by atoms with Gasteiger partial charge in [0.1, 0.15) is 18.1 Å². The number of carbonyl (C=O) groups is 5. The minimum absolute atomic E-state index is 0.0516. The van der Waals surface area contributed by atoms with Gasteiger partial charge < -0.3 is 32.5 Å². The monoisotopic (exact) mass is 477 g/mol. The summed E-state index contributed by atoms with van der Waals surface area (Å²) in [6, 6.07) is 5.00. The summed E-state index contributed by atoms with van der Waals surface area (Å²) in [5, 5.41) is 16.7. The number of carboxylic acid groups (broad SMARTS) is 1. The molecule has 0 saturated carbocycles. The highest BCUT2D eigenvalue weighted by molar-refractivity contribution is 5.94. The number of benzene rings is 1. The van der Waals surface area contributed by atoms with Crippen LogP contribution >= 0.6 is 0 Å². The Hall–Kier alpha value is -3.47. The second-order valence-corrected chi connectivity index (χ2v) is 8.62. The van der Waals surface area contributed by atoms with Gasteiger partial charge in [-0.05, 0) is 37.7 Å². The van der Waals surface area contributed by atoms with Crippen molar-refractivity contribution in [1.82, 2.24) is 16.0 Å². The second-order valence-electron chi connectivity index (χ2n) is 8.62. The molecule has 34 heavy (non-hydrogen) atoms. The van der Waals surface area contributed by atoms with Crippen molar-refractivity contribution >= 4 is 29.6 Å². The van der Waals surface area contributed by atoms with Gasteiger partial charge >= 0.3 is 5.97 Å². The highest BCUT2D eigenvalue weighted by atomic mass is 16.4. The van der Waals surface area contributed by atoms with Crippen LogP contribution in [0.1, 0.15) is 45.6 Å². The Bertz CT molecular complexity index is 861. The largest absolute Gasteiger partial charge is 0.480 e. The average Bonchev–Trinajstić information content (AvgIpc) is 2.75. The van der Waals surface area contributed by atoms with Crippen molar-refractivity contribution in [3.05, 3.63) is 35.9 Å². The standard InChI is InChI=1S/C23H35N5O6/c1-13(2)11-18(28-21(31)16(24)12-15-7-5-4-6-8-15)22(32)26-14(3)20(30)27-17(23(33)34)9-10-19(25)29/h4-8,13-14,16-18H,9-12,24H2,1-3H3,(H2,25,29)(H,26,32)(H,27,30)(H,28,31)(H,33,34). The SMILES string of the molecule is CC(C)CC(NC(=O)C(N)Cc1ccccc1)C(=O)NC(C)C(=O)NC(CCC(N)=O)C(=O)O. The lowest BCUT2D eigenvalue weighted by Gasteiger charge is -2.24. The van der Waals surface area contributed by atoms with Crippen molar-refractivity contribution < 1.29 is 29.1 Å². The Morgan fingerprint density at radius 2 is 1.47 bits per heavy atom. The number of carbonyl (C=O) groups excluding carboxylic acids is 4. The first-order valence-corrected chi connectivity index (χ1v) is 11.1. The molecule has 0 heterocycles. The van der Waals surface area contributed by atoms with Crippen LogP contribution in [-0.2, 0) is 30.4 Å². The third-order valence-corrected chi connectivity index (χ3v) is 5.02. The van der Waals surface area contributed by atoms with E-state index >= 15 is 0 Å². The summed E-state index contributed by atoms with van der Waals surface area (Å²) in [6.45, 7) is 5.14. The van der Waals surface area contributed by atoms with E-state index in [1.807, 2.05) is 44.2 Å². The molecule has 4 atom stereocenters. The van der Waals surface area contributed by atoms with Crippen LogP contribution in [0.4, 0.5) is 0 Å². The lowest BCUT2D eigenvalue weighted by Crippen LogP contribution is -2.56. The van der Waals surface area contributed by atoms with Crippen LogP contribution in [0.15, 0.2) is 30.3 Å². The zero-order valence-electron chi connectivity index (χ0n) is 19.7. The lowest BCUT2D eigenvalue weighted by atomic mass is 10.0. The molecule has 11 nitrogen and oxygen atoms in total. The minimum atomic E-state index is -1.33. The molecular formula is C23H35N5O6. The summed E-state index contributed by atoms with van der Waals surface area (Å²) in [4.78, 5) is 60.1. The van der Waals surface area contributed by atoms with Gasteiger partial charge in [-0.1, -0.05) is 44.2 Å². The lowest BCUT2D eigenvalue weighted by molar-refractivity contribution is -0.142. The van der Waals surface area contributed by atoms with Crippen molar-refractivity contribution in [2.75, 3.05) is 0 Å². The van der Waals surface area contributed by atoms with Crippen LogP contribution in [0.5, 0.6) is 0 Å². The Morgan fingerprint density at radius 3 is 2.00 bits per heavy atom. The quantitative estimate of drug-likeness (QED) is 0.206. The summed E-state index contributed by atoms with van der Waals surface area (Å²) in [6.07, 6.45) is 0.204. The van der Waals surface area contributed by atoms with E-state index in [0.29, 0.717) is 12.8 Å². The van der Waals surface area contributed by atoms with Gasteiger partial charge in [-0.25, -0.2) is 4.79 Å². The third kappa shape index (κ3) is 10.4. The molecule has 8 N–H and O–H groups in total. The van der Waals surface area contributed by atoms with Crippen molar-refractivity contribution in [2.45, 2.75) is 70.6 Å². The Labute approximate surface area is 199 Å². The van der Waals surface area contributed by atoms with Gasteiger partial charge in [0.15, 0.2) is 0 Å². The van der Waals surface area contributed by atoms with Crippen molar-refractivity contribution in [3.8, 4) is 0 Å². The molecule has 0 fully saturated rings. The summed E-state index contributed by atoms with van der Waals surface area (Å²) >= 11 is 0. The van der Waals surface area contributed by atoms with Crippen LogP contribution in [-0.4, -0.2) is 58.9 Å². The molecule has 188 valence electrons. The molecule has 0 spiro atoms. The van der Waals surface area contributed by atoms with E-state index in [2.05, 4.69) is 16.0 Å². The van der Waals surface area contributed by atoms with Gasteiger partial charge in [0.05, 0.1) is 6.04 Å². The molecule has 1 aromatic rings. The van der Waals surface area contributed by atoms with Gasteiger partial charge in [-0.2, -0.15) is 0 Å². The number of aliphatic carboxylic acids is 1. The van der Waals surface area contributed by atoms with E-state index in [1.54, 1.807) is 0 Å². The fourth-order valence-electron chi connectivity index (χ4n) is 3.16. The van der Waals surface area contributed by atoms with Crippen LogP contribution < -0.4 is 27.4 Å². The molecular weight excluding hydrogens is 442 g/mol. The molecule has 0 aliphatic rings. The number of primary amides is 1. The van der Waals surface area contributed by atoms with E-state index in [9.17, 15) is 29.1 Å². The van der Waals surface area contributed by atoms with Crippen LogP contribution in [0.3, 0.4) is 0 Å². The smallest absolute Gasteiger partial charge is 0.326 e. The maximum absolute atomic E-state index is 12.8. The Kier molecular flexibility index (Phi) is 11.7. The first kappa shape index (κ1) is 28.6. The number of nitrogens with two attached hydrogens (primary N) is 2. The maximum Gasteiger partial charge on any atom is 0.326 e. The molecule has 11 heteroatoms. The van der Waals surface area contributed by atoms with E-state index in [-0.39, 0.29) is 18.8 Å². The van der Waals surface area contributed by atoms with Gasteiger partial charge in [0.25, 0.3) is 0 Å². The second kappa shape index (κ2) is 13.9. The van der Waals surface area contributed by atoms with E-state index in [0.717, 1.165) is 5.56 Å². The molecule has 0 aromatic heterocycles. The van der Waals surface area contributed by atoms with Gasteiger partial charge in [0, 0.05) is 6.42 Å². The van der Waals surface area contributed by atoms with Crippen LogP contribution in [0.25, 0.3) is 0 Å². The van der Waals surface area contributed by atoms with Crippen molar-refractivity contribution in [1.29, 1.82) is 0 Å². The van der Waals surface area contributed by atoms with Gasteiger partial charge in [-0.15, -0.1) is 0 Å². The molecule has 4 amide bonds. The molecule has 4 unspecified atom stereocenters. The molecule has 0 saturated heterocycles. The van der Waals surface area contributed by atoms with E-state index in [4.69, 9.17) is 11.5 Å². The number of nitrogens with one attached hydrogen (secondary N) is 3. The summed E-state index contributed by atoms with van der Waals surface area (Å²) in [5.74, 6) is -3.82. The highest BCUT2D eigenvalue weighted by Gasteiger charge is 2.29. The summed E-state index contributed by atoms with van der Waals surface area (Å²) in [5.41, 5.74) is 11.9. The Morgan fingerprint density at radius 1 is 0.882 bits per heavy atom. The summed E-state index contributed by atoms with van der Waals surface area (Å²) in [7, 11) is 0. The first-order valence-electron chi connectivity index (χ1n) is 11.1. The van der Waals surface area contributed by atoms with E-state index < -0.39 is 53.8 Å². The highest BCUT2D eigenvalue weighted by Crippen LogP contribution is 2.08. The number of hydrogen-bond donors (Lipinski definition) is 6. The zero-order chi connectivity index (χ0) is 25.8. The fraction of sp³-hybridized carbons (Fsp3) is 0.522. The average molecular weight is 478 g/mol. The molecule has 0 aliphatic carbocycles. The fourth-order valence-corrected chi connectivity index (χ4v) is 3.16. The topological polar surface area (TPSA) is 194 Å². The number of amides is 4. The van der Waals surface area contributed by atoms with Gasteiger partial charge in [-0.3, -0.25) is 19.2 Å². The summed E-state index contributed by atoms with van der Waals surface area (Å²) < 4.78 is 0. The van der Waals surface area contributed by atoms with Crippen molar-refractivity contribution in [3.63, 3.8) is 0 Å². The number of rotatable bonds is 14. The third-order valence-electron chi connectivity index (χ3n) is 5.02. The van der Waals surface area contributed by atoms with Crippen molar-refractivity contribution in [2.24, 2.45) is 17.4 Å². The van der Waals surface area contributed by atoms with E-state index in [1.165, 1.54) is 6.92 Å². The number of carboxylic acids is 1. The molecule has 1 rings (SSSR count). The first-order chi connectivity index (χ1) is 15.9. The normalized spacial score (nSPS) is 14.4. The maximum atomic E-state index is 12.8. The molecule has 0 aliphatic heterocycles.